The predicted octanol–water partition coefficient (Wildman–Crippen LogP) is 4.67. The number of carbonyl (C=O) groups excluding carboxylic acids is 2. The molecule has 1 aliphatic rings. The number of anilines is 1. The summed E-state index contributed by atoms with van der Waals surface area (Å²) in [7, 11) is 3.26. The monoisotopic (exact) mass is 410 g/mol. The number of ether oxygens (including phenoxy) is 2. The molecular formula is C24H30N2O4. The van der Waals surface area contributed by atoms with Crippen LogP contribution in [0.2, 0.25) is 0 Å². The first-order chi connectivity index (χ1) is 14.2. The van der Waals surface area contributed by atoms with Crippen LogP contribution in [0.15, 0.2) is 42.5 Å². The molecule has 0 bridgehead atoms. The van der Waals surface area contributed by atoms with Crippen molar-refractivity contribution in [3.05, 3.63) is 53.6 Å². The van der Waals surface area contributed by atoms with Gasteiger partial charge in [-0.25, -0.2) is 0 Å². The number of amides is 2. The number of rotatable bonds is 5. The van der Waals surface area contributed by atoms with Crippen molar-refractivity contribution < 1.29 is 19.1 Å². The molecular weight excluding hydrogens is 380 g/mol. The van der Waals surface area contributed by atoms with Crippen LogP contribution in [0.4, 0.5) is 5.69 Å². The molecule has 1 saturated heterocycles. The Bertz CT molecular complexity index is 933. The van der Waals surface area contributed by atoms with Crippen LogP contribution in [0.3, 0.4) is 0 Å². The molecule has 2 amide bonds. The van der Waals surface area contributed by atoms with E-state index in [0.717, 1.165) is 29.9 Å². The lowest BCUT2D eigenvalue weighted by Crippen LogP contribution is -2.31. The highest BCUT2D eigenvalue weighted by Gasteiger charge is 2.33. The molecule has 160 valence electrons. The zero-order chi connectivity index (χ0) is 21.9. The second kappa shape index (κ2) is 8.78. The Morgan fingerprint density at radius 1 is 1.07 bits per heavy atom. The van der Waals surface area contributed by atoms with Crippen LogP contribution >= 0.6 is 0 Å². The Morgan fingerprint density at radius 3 is 2.50 bits per heavy atom. The molecule has 1 heterocycles. The van der Waals surface area contributed by atoms with Gasteiger partial charge in [-0.2, -0.15) is 0 Å². The van der Waals surface area contributed by atoms with Crippen LogP contribution in [0.25, 0.3) is 0 Å². The lowest BCUT2D eigenvalue weighted by atomic mass is 9.95. The topological polar surface area (TPSA) is 67.9 Å². The fraction of sp³-hybridized carbons (Fsp3) is 0.417. The Kier molecular flexibility index (Phi) is 6.34. The molecule has 1 aliphatic heterocycles. The highest BCUT2D eigenvalue weighted by molar-refractivity contribution is 5.98. The SMILES string of the molecule is COc1ccc(OC)c(C2CCCN2C(=O)c2cccc(NC(=O)C(C)(C)C)c2)c1. The zero-order valence-electron chi connectivity index (χ0n) is 18.3. The van der Waals surface area contributed by atoms with Crippen molar-refractivity contribution in [1.82, 2.24) is 4.90 Å². The third-order valence-electron chi connectivity index (χ3n) is 5.36. The first-order valence-corrected chi connectivity index (χ1v) is 10.2. The average molecular weight is 411 g/mol. The summed E-state index contributed by atoms with van der Waals surface area (Å²) in [6.07, 6.45) is 1.77. The van der Waals surface area contributed by atoms with E-state index in [1.165, 1.54) is 0 Å². The highest BCUT2D eigenvalue weighted by Crippen LogP contribution is 2.39. The molecule has 0 radical (unpaired) electrons. The minimum atomic E-state index is -0.511. The maximum atomic E-state index is 13.4. The Hall–Kier alpha value is -3.02. The van der Waals surface area contributed by atoms with Gasteiger partial charge in [0.25, 0.3) is 5.91 Å². The average Bonchev–Trinajstić information content (AvgIpc) is 3.21. The molecule has 6 nitrogen and oxygen atoms in total. The molecule has 1 N–H and O–H groups in total. The van der Waals surface area contributed by atoms with Gasteiger partial charge in [-0.05, 0) is 49.2 Å². The van der Waals surface area contributed by atoms with Crippen LogP contribution in [-0.2, 0) is 4.79 Å². The third-order valence-corrected chi connectivity index (χ3v) is 5.36. The number of methoxy groups -OCH3 is 2. The van der Waals surface area contributed by atoms with Crippen molar-refractivity contribution in [3.63, 3.8) is 0 Å². The fourth-order valence-electron chi connectivity index (χ4n) is 3.65. The smallest absolute Gasteiger partial charge is 0.254 e. The first-order valence-electron chi connectivity index (χ1n) is 10.2. The van der Waals surface area contributed by atoms with Gasteiger partial charge in [0.15, 0.2) is 0 Å². The second-order valence-electron chi connectivity index (χ2n) is 8.55. The predicted molar refractivity (Wildman–Crippen MR) is 117 cm³/mol. The molecule has 6 heteroatoms. The Morgan fingerprint density at radius 2 is 1.83 bits per heavy atom. The molecule has 0 aliphatic carbocycles. The molecule has 1 fully saturated rings. The summed E-state index contributed by atoms with van der Waals surface area (Å²) in [5, 5.41) is 2.90. The zero-order valence-corrected chi connectivity index (χ0v) is 18.3. The first kappa shape index (κ1) is 21.7. The van der Waals surface area contributed by atoms with E-state index in [4.69, 9.17) is 9.47 Å². The molecule has 0 saturated carbocycles. The lowest BCUT2D eigenvalue weighted by molar-refractivity contribution is -0.123. The highest BCUT2D eigenvalue weighted by atomic mass is 16.5. The number of hydrogen-bond donors (Lipinski definition) is 1. The van der Waals surface area contributed by atoms with Crippen LogP contribution in [-0.4, -0.2) is 37.5 Å². The Balaban J connectivity index is 1.87. The Labute approximate surface area is 178 Å². The van der Waals surface area contributed by atoms with Crippen molar-refractivity contribution in [2.75, 3.05) is 26.1 Å². The third kappa shape index (κ3) is 4.58. The summed E-state index contributed by atoms with van der Waals surface area (Å²) < 4.78 is 10.9. The molecule has 30 heavy (non-hydrogen) atoms. The summed E-state index contributed by atoms with van der Waals surface area (Å²) in [4.78, 5) is 27.5. The summed E-state index contributed by atoms with van der Waals surface area (Å²) in [5.41, 5.74) is 1.61. The summed E-state index contributed by atoms with van der Waals surface area (Å²) in [6, 6.07) is 12.7. The van der Waals surface area contributed by atoms with Crippen LogP contribution < -0.4 is 14.8 Å². The minimum absolute atomic E-state index is 0.0609. The second-order valence-corrected chi connectivity index (χ2v) is 8.55. The van der Waals surface area contributed by atoms with Gasteiger partial charge in [0.1, 0.15) is 11.5 Å². The number of likely N-dealkylation sites (tertiary alicyclic amines) is 1. The normalized spacial score (nSPS) is 16.3. The summed E-state index contributed by atoms with van der Waals surface area (Å²) in [6.45, 7) is 6.23. The van der Waals surface area contributed by atoms with Gasteiger partial charge < -0.3 is 19.7 Å². The summed E-state index contributed by atoms with van der Waals surface area (Å²) >= 11 is 0. The van der Waals surface area contributed by atoms with E-state index in [9.17, 15) is 9.59 Å². The molecule has 0 spiro atoms. The molecule has 2 aromatic carbocycles. The molecule has 2 aromatic rings. The van der Waals surface area contributed by atoms with Gasteiger partial charge >= 0.3 is 0 Å². The van der Waals surface area contributed by atoms with E-state index in [0.29, 0.717) is 17.8 Å². The van der Waals surface area contributed by atoms with Gasteiger partial charge in [0.05, 0.1) is 20.3 Å². The van der Waals surface area contributed by atoms with E-state index in [1.807, 2.05) is 43.9 Å². The minimum Gasteiger partial charge on any atom is -0.497 e. The van der Waals surface area contributed by atoms with Crippen molar-refractivity contribution in [2.24, 2.45) is 5.41 Å². The molecule has 0 aromatic heterocycles. The largest absolute Gasteiger partial charge is 0.497 e. The maximum absolute atomic E-state index is 13.4. The van der Waals surface area contributed by atoms with E-state index in [2.05, 4.69) is 5.32 Å². The standard InChI is InChI=1S/C24H30N2O4/c1-24(2,3)23(28)25-17-9-6-8-16(14-17)22(27)26-13-7-10-20(26)19-15-18(29-4)11-12-21(19)30-5/h6,8-9,11-12,14-15,20H,7,10,13H2,1-5H3,(H,25,28). The lowest BCUT2D eigenvalue weighted by Gasteiger charge is -2.27. The molecule has 1 atom stereocenters. The molecule has 1 unspecified atom stereocenters. The quantitative estimate of drug-likeness (QED) is 0.778. The van der Waals surface area contributed by atoms with Crippen molar-refractivity contribution >= 4 is 17.5 Å². The van der Waals surface area contributed by atoms with Gasteiger partial charge in [0, 0.05) is 28.8 Å². The number of benzene rings is 2. The fourth-order valence-corrected chi connectivity index (χ4v) is 3.65. The van der Waals surface area contributed by atoms with Crippen LogP contribution in [0.5, 0.6) is 11.5 Å². The van der Waals surface area contributed by atoms with Crippen molar-refractivity contribution in [1.29, 1.82) is 0 Å². The summed E-state index contributed by atoms with van der Waals surface area (Å²) in [5.74, 6) is 1.32. The number of carbonyl (C=O) groups is 2. The van der Waals surface area contributed by atoms with E-state index in [-0.39, 0.29) is 17.9 Å². The van der Waals surface area contributed by atoms with Gasteiger partial charge in [-0.1, -0.05) is 26.8 Å². The maximum Gasteiger partial charge on any atom is 0.254 e. The van der Waals surface area contributed by atoms with E-state index >= 15 is 0 Å². The van der Waals surface area contributed by atoms with Crippen molar-refractivity contribution in [2.45, 2.75) is 39.7 Å². The van der Waals surface area contributed by atoms with Crippen LogP contribution in [0, 0.1) is 5.41 Å². The molecule has 3 rings (SSSR count). The number of hydrogen-bond acceptors (Lipinski definition) is 4. The van der Waals surface area contributed by atoms with E-state index in [1.54, 1.807) is 38.5 Å². The van der Waals surface area contributed by atoms with Gasteiger partial charge in [-0.3, -0.25) is 9.59 Å². The van der Waals surface area contributed by atoms with Gasteiger partial charge in [0.2, 0.25) is 5.91 Å². The number of nitrogens with one attached hydrogen (secondary N) is 1. The number of nitrogens with zero attached hydrogens (tertiary/aromatic N) is 1. The van der Waals surface area contributed by atoms with Gasteiger partial charge in [-0.15, -0.1) is 0 Å². The van der Waals surface area contributed by atoms with Crippen LogP contribution in [0.1, 0.15) is 55.6 Å². The van der Waals surface area contributed by atoms with Crippen molar-refractivity contribution in [3.8, 4) is 11.5 Å². The van der Waals surface area contributed by atoms with E-state index < -0.39 is 5.41 Å².